The number of carbonyl (C=O) groups is 1. The number of anilines is 1. The normalized spacial score (nSPS) is 10.0. The van der Waals surface area contributed by atoms with Crippen molar-refractivity contribution in [2.75, 3.05) is 12.4 Å². The van der Waals surface area contributed by atoms with E-state index in [-0.39, 0.29) is 5.97 Å². The quantitative estimate of drug-likeness (QED) is 0.872. The Morgan fingerprint density at radius 1 is 1.32 bits per heavy atom. The fourth-order valence-electron chi connectivity index (χ4n) is 1.62. The Morgan fingerprint density at radius 3 is 2.74 bits per heavy atom. The van der Waals surface area contributed by atoms with Crippen LogP contribution in [0.4, 0.5) is 5.69 Å². The first-order valence-electron chi connectivity index (χ1n) is 5.71. The fourth-order valence-corrected chi connectivity index (χ4v) is 1.75. The largest absolute Gasteiger partial charge is 0.465 e. The van der Waals surface area contributed by atoms with Gasteiger partial charge >= 0.3 is 5.97 Å². The highest BCUT2D eigenvalue weighted by Gasteiger charge is 2.10. The van der Waals surface area contributed by atoms with Gasteiger partial charge in [0.15, 0.2) is 0 Å². The van der Waals surface area contributed by atoms with Crippen molar-refractivity contribution in [3.05, 3.63) is 58.9 Å². The van der Waals surface area contributed by atoms with Crippen molar-refractivity contribution in [3.63, 3.8) is 0 Å². The predicted octanol–water partition coefficient (Wildman–Crippen LogP) is 3.13. The molecule has 2 aromatic rings. The fraction of sp³-hybridized carbons (Fsp3) is 0.143. The number of carbonyl (C=O) groups excluding carboxylic acids is 1. The Hall–Kier alpha value is -2.07. The Bertz CT molecular complexity index is 570. The van der Waals surface area contributed by atoms with Crippen molar-refractivity contribution >= 4 is 23.3 Å². The lowest BCUT2D eigenvalue weighted by Crippen LogP contribution is -2.08. The number of nitrogens with one attached hydrogen (secondary N) is 1. The molecule has 0 radical (unpaired) electrons. The summed E-state index contributed by atoms with van der Waals surface area (Å²) in [7, 11) is 1.35. The van der Waals surface area contributed by atoms with Crippen molar-refractivity contribution < 1.29 is 9.53 Å². The van der Waals surface area contributed by atoms with Gasteiger partial charge in [0, 0.05) is 17.8 Å². The minimum Gasteiger partial charge on any atom is -0.465 e. The number of aromatic nitrogens is 1. The van der Waals surface area contributed by atoms with E-state index in [1.165, 1.54) is 7.11 Å². The molecule has 1 N–H and O–H groups in total. The summed E-state index contributed by atoms with van der Waals surface area (Å²) < 4.78 is 4.72. The van der Waals surface area contributed by atoms with Gasteiger partial charge in [-0.3, -0.25) is 4.98 Å². The smallest absolute Gasteiger partial charge is 0.340 e. The molecule has 1 heterocycles. The van der Waals surface area contributed by atoms with Gasteiger partial charge in [0.05, 0.1) is 24.6 Å². The number of nitrogens with zero attached hydrogens (tertiary/aromatic N) is 1. The number of hydrogen-bond acceptors (Lipinski definition) is 4. The number of rotatable bonds is 4. The average molecular weight is 277 g/mol. The third-order valence-electron chi connectivity index (χ3n) is 2.62. The van der Waals surface area contributed by atoms with Crippen LogP contribution in [0, 0.1) is 0 Å². The molecule has 0 bridgehead atoms. The van der Waals surface area contributed by atoms with Crippen molar-refractivity contribution in [1.29, 1.82) is 0 Å². The van der Waals surface area contributed by atoms with E-state index in [9.17, 15) is 4.79 Å². The van der Waals surface area contributed by atoms with Crippen molar-refractivity contribution in [3.8, 4) is 0 Å². The molecule has 19 heavy (non-hydrogen) atoms. The second kappa shape index (κ2) is 6.20. The summed E-state index contributed by atoms with van der Waals surface area (Å²) in [4.78, 5) is 15.6. The van der Waals surface area contributed by atoms with Crippen LogP contribution in [0.2, 0.25) is 5.02 Å². The Balaban J connectivity index is 2.11. The summed E-state index contributed by atoms with van der Waals surface area (Å²) in [6, 6.07) is 9.11. The summed E-state index contributed by atoms with van der Waals surface area (Å²) in [5.74, 6) is -0.388. The summed E-state index contributed by atoms with van der Waals surface area (Å²) >= 11 is 5.82. The minimum atomic E-state index is -0.388. The molecule has 0 spiro atoms. The SMILES string of the molecule is COC(=O)c1ccncc1NCc1ccc(Cl)cc1. The number of methoxy groups -OCH3 is 1. The summed E-state index contributed by atoms with van der Waals surface area (Å²) in [6.45, 7) is 0.576. The van der Waals surface area contributed by atoms with Crippen LogP contribution < -0.4 is 5.32 Å². The van der Waals surface area contributed by atoms with Gasteiger partial charge in [0.2, 0.25) is 0 Å². The van der Waals surface area contributed by atoms with Gasteiger partial charge in [0.1, 0.15) is 0 Å². The summed E-state index contributed by atoms with van der Waals surface area (Å²) in [5.41, 5.74) is 2.17. The van der Waals surface area contributed by atoms with E-state index in [1.54, 1.807) is 18.5 Å². The predicted molar refractivity (Wildman–Crippen MR) is 74.4 cm³/mol. The first-order chi connectivity index (χ1) is 9.20. The van der Waals surface area contributed by atoms with Crippen LogP contribution in [0.5, 0.6) is 0 Å². The number of ether oxygens (including phenoxy) is 1. The second-order valence-electron chi connectivity index (χ2n) is 3.89. The van der Waals surface area contributed by atoms with Crippen molar-refractivity contribution in [2.45, 2.75) is 6.54 Å². The average Bonchev–Trinajstić information content (AvgIpc) is 2.46. The van der Waals surface area contributed by atoms with Crippen LogP contribution in [0.1, 0.15) is 15.9 Å². The van der Waals surface area contributed by atoms with E-state index in [4.69, 9.17) is 16.3 Å². The molecule has 1 aromatic carbocycles. The van der Waals surface area contributed by atoms with E-state index >= 15 is 0 Å². The third kappa shape index (κ3) is 3.45. The van der Waals surface area contributed by atoms with Gasteiger partial charge in [-0.05, 0) is 23.8 Å². The molecule has 0 saturated heterocycles. The van der Waals surface area contributed by atoms with Gasteiger partial charge in [0.25, 0.3) is 0 Å². The highest BCUT2D eigenvalue weighted by molar-refractivity contribution is 6.30. The molecule has 0 aliphatic carbocycles. The van der Waals surface area contributed by atoms with Crippen LogP contribution in [-0.2, 0) is 11.3 Å². The molecule has 0 fully saturated rings. The van der Waals surface area contributed by atoms with Crippen LogP contribution in [0.3, 0.4) is 0 Å². The van der Waals surface area contributed by atoms with Gasteiger partial charge in [-0.25, -0.2) is 4.79 Å². The Morgan fingerprint density at radius 2 is 2.05 bits per heavy atom. The number of esters is 1. The van der Waals surface area contributed by atoms with E-state index in [0.717, 1.165) is 5.56 Å². The lowest BCUT2D eigenvalue weighted by Gasteiger charge is -2.10. The Kier molecular flexibility index (Phi) is 4.36. The van der Waals surface area contributed by atoms with E-state index < -0.39 is 0 Å². The molecule has 0 amide bonds. The van der Waals surface area contributed by atoms with E-state index in [1.807, 2.05) is 24.3 Å². The maximum atomic E-state index is 11.6. The second-order valence-corrected chi connectivity index (χ2v) is 4.33. The molecule has 5 heteroatoms. The molecule has 0 aliphatic heterocycles. The van der Waals surface area contributed by atoms with E-state index in [2.05, 4.69) is 10.3 Å². The lowest BCUT2D eigenvalue weighted by molar-refractivity contribution is 0.0601. The number of benzene rings is 1. The maximum Gasteiger partial charge on any atom is 0.340 e. The standard InChI is InChI=1S/C14H13ClN2O2/c1-19-14(18)12-6-7-16-9-13(12)17-8-10-2-4-11(15)5-3-10/h2-7,9,17H,8H2,1H3. The number of hydrogen-bond donors (Lipinski definition) is 1. The molecule has 1 aromatic heterocycles. The first-order valence-corrected chi connectivity index (χ1v) is 6.09. The maximum absolute atomic E-state index is 11.6. The van der Waals surface area contributed by atoms with Crippen molar-refractivity contribution in [1.82, 2.24) is 4.98 Å². The zero-order chi connectivity index (χ0) is 13.7. The third-order valence-corrected chi connectivity index (χ3v) is 2.87. The van der Waals surface area contributed by atoms with Crippen LogP contribution >= 0.6 is 11.6 Å². The summed E-state index contributed by atoms with van der Waals surface area (Å²) in [6.07, 6.45) is 3.15. The Labute approximate surface area is 116 Å². The molecule has 98 valence electrons. The van der Waals surface area contributed by atoms with Crippen LogP contribution in [-0.4, -0.2) is 18.1 Å². The zero-order valence-electron chi connectivity index (χ0n) is 10.4. The molecule has 0 aliphatic rings. The highest BCUT2D eigenvalue weighted by atomic mass is 35.5. The van der Waals surface area contributed by atoms with Gasteiger partial charge in [-0.1, -0.05) is 23.7 Å². The number of halogens is 1. The lowest BCUT2D eigenvalue weighted by atomic mass is 10.2. The number of pyridine rings is 1. The van der Waals surface area contributed by atoms with Crippen molar-refractivity contribution in [2.24, 2.45) is 0 Å². The molecule has 2 rings (SSSR count). The molecular weight excluding hydrogens is 264 g/mol. The molecule has 0 saturated carbocycles. The van der Waals surface area contributed by atoms with Gasteiger partial charge in [-0.15, -0.1) is 0 Å². The van der Waals surface area contributed by atoms with Gasteiger partial charge in [-0.2, -0.15) is 0 Å². The minimum absolute atomic E-state index is 0.388. The van der Waals surface area contributed by atoms with Crippen LogP contribution in [0.25, 0.3) is 0 Å². The molecule has 0 atom stereocenters. The molecule has 4 nitrogen and oxygen atoms in total. The molecule has 0 unspecified atom stereocenters. The topological polar surface area (TPSA) is 51.2 Å². The molecular formula is C14H13ClN2O2. The first kappa shape index (κ1) is 13.4. The monoisotopic (exact) mass is 276 g/mol. The van der Waals surface area contributed by atoms with E-state index in [0.29, 0.717) is 22.8 Å². The van der Waals surface area contributed by atoms with Gasteiger partial charge < -0.3 is 10.1 Å². The van der Waals surface area contributed by atoms with Crippen LogP contribution in [0.15, 0.2) is 42.7 Å². The summed E-state index contributed by atoms with van der Waals surface area (Å²) in [5, 5.41) is 3.85. The zero-order valence-corrected chi connectivity index (χ0v) is 11.1. The highest BCUT2D eigenvalue weighted by Crippen LogP contribution is 2.16.